The van der Waals surface area contributed by atoms with Gasteiger partial charge < -0.3 is 10.1 Å². The number of hydrogen-bond acceptors (Lipinski definition) is 2. The Kier molecular flexibility index (Phi) is 4.76. The number of nitrogens with one attached hydrogen (secondary N) is 1. The Bertz CT molecular complexity index is 411. The molecule has 2 nitrogen and oxygen atoms in total. The van der Waals surface area contributed by atoms with Gasteiger partial charge in [0, 0.05) is 23.1 Å². The van der Waals surface area contributed by atoms with Crippen molar-refractivity contribution in [3.63, 3.8) is 0 Å². The zero-order chi connectivity index (χ0) is 13.1. The Morgan fingerprint density at radius 2 is 2.22 bits per heavy atom. The molecule has 1 aromatic carbocycles. The van der Waals surface area contributed by atoms with Crippen molar-refractivity contribution in [3.8, 4) is 0 Å². The molecule has 1 saturated heterocycles. The minimum Gasteiger partial charge on any atom is -0.368 e. The van der Waals surface area contributed by atoms with Gasteiger partial charge in [-0.05, 0) is 24.5 Å². The van der Waals surface area contributed by atoms with Gasteiger partial charge in [0.1, 0.15) is 5.82 Å². The van der Waals surface area contributed by atoms with Gasteiger partial charge in [0.25, 0.3) is 0 Å². The molecule has 1 aromatic rings. The van der Waals surface area contributed by atoms with Crippen LogP contribution in [0.25, 0.3) is 0 Å². The van der Waals surface area contributed by atoms with Crippen molar-refractivity contribution in [2.24, 2.45) is 5.92 Å². The molecule has 18 heavy (non-hydrogen) atoms. The monoisotopic (exact) mass is 315 g/mol. The molecule has 0 aromatic heterocycles. The van der Waals surface area contributed by atoms with E-state index in [2.05, 4.69) is 35.1 Å². The number of morpholine rings is 1. The first-order chi connectivity index (χ1) is 8.56. The van der Waals surface area contributed by atoms with Crippen molar-refractivity contribution in [1.82, 2.24) is 5.32 Å². The van der Waals surface area contributed by atoms with Gasteiger partial charge in [0.15, 0.2) is 0 Å². The molecule has 1 fully saturated rings. The number of rotatable bonds is 3. The van der Waals surface area contributed by atoms with Crippen molar-refractivity contribution in [1.29, 1.82) is 0 Å². The molecule has 0 saturated carbocycles. The van der Waals surface area contributed by atoms with Crippen LogP contribution in [0.1, 0.15) is 31.9 Å². The summed E-state index contributed by atoms with van der Waals surface area (Å²) in [4.78, 5) is 0. The molecule has 0 spiro atoms. The smallest absolute Gasteiger partial charge is 0.130 e. The minimum atomic E-state index is -0.207. The van der Waals surface area contributed by atoms with E-state index >= 15 is 0 Å². The summed E-state index contributed by atoms with van der Waals surface area (Å²) in [5.74, 6) is 0.381. The quantitative estimate of drug-likeness (QED) is 0.919. The summed E-state index contributed by atoms with van der Waals surface area (Å²) in [6.07, 6.45) is 0.990. The first-order valence-corrected chi connectivity index (χ1v) is 7.16. The highest BCUT2D eigenvalue weighted by Crippen LogP contribution is 2.27. The van der Waals surface area contributed by atoms with E-state index in [1.807, 2.05) is 6.07 Å². The van der Waals surface area contributed by atoms with E-state index in [0.717, 1.165) is 17.4 Å². The van der Waals surface area contributed by atoms with Gasteiger partial charge in [-0.15, -0.1) is 0 Å². The highest BCUT2D eigenvalue weighted by molar-refractivity contribution is 9.10. The lowest BCUT2D eigenvalue weighted by molar-refractivity contribution is -0.0488. The van der Waals surface area contributed by atoms with Gasteiger partial charge in [-0.25, -0.2) is 4.39 Å². The van der Waals surface area contributed by atoms with Crippen LogP contribution in [0.5, 0.6) is 0 Å². The van der Waals surface area contributed by atoms with E-state index < -0.39 is 0 Å². The van der Waals surface area contributed by atoms with Crippen molar-refractivity contribution >= 4 is 15.9 Å². The second-order valence-corrected chi connectivity index (χ2v) is 6.12. The fourth-order valence-corrected chi connectivity index (χ4v) is 2.65. The molecule has 2 atom stereocenters. The Morgan fingerprint density at radius 1 is 1.44 bits per heavy atom. The molecule has 1 N–H and O–H groups in total. The third-order valence-electron chi connectivity index (χ3n) is 3.10. The maximum atomic E-state index is 13.9. The summed E-state index contributed by atoms with van der Waals surface area (Å²) in [6, 6.07) is 5.14. The normalized spacial score (nSPS) is 24.5. The highest BCUT2D eigenvalue weighted by atomic mass is 79.9. The molecular weight excluding hydrogens is 297 g/mol. The lowest BCUT2D eigenvalue weighted by atomic mass is 10.0. The average Bonchev–Trinajstić information content (AvgIpc) is 2.28. The zero-order valence-electron chi connectivity index (χ0n) is 10.7. The zero-order valence-corrected chi connectivity index (χ0v) is 12.3. The summed E-state index contributed by atoms with van der Waals surface area (Å²) in [6.45, 7) is 5.88. The first-order valence-electron chi connectivity index (χ1n) is 6.37. The molecule has 1 aliphatic heterocycles. The minimum absolute atomic E-state index is 0.173. The lowest BCUT2D eigenvalue weighted by Gasteiger charge is -2.32. The predicted octanol–water partition coefficient (Wildman–Crippen LogP) is 3.66. The fraction of sp³-hybridized carbons (Fsp3) is 0.571. The molecular formula is C14H19BrFNO. The maximum absolute atomic E-state index is 13.9. The molecule has 100 valence electrons. The number of halogens is 2. The molecule has 0 bridgehead atoms. The summed E-state index contributed by atoms with van der Waals surface area (Å²) in [5, 5.41) is 3.33. The Labute approximate surface area is 116 Å². The largest absolute Gasteiger partial charge is 0.368 e. The van der Waals surface area contributed by atoms with Crippen LogP contribution < -0.4 is 5.32 Å². The van der Waals surface area contributed by atoms with Crippen molar-refractivity contribution < 1.29 is 9.13 Å². The molecule has 0 amide bonds. The third-order valence-corrected chi connectivity index (χ3v) is 3.60. The van der Waals surface area contributed by atoms with Crippen LogP contribution in [0.15, 0.2) is 22.7 Å². The molecule has 0 radical (unpaired) electrons. The van der Waals surface area contributed by atoms with Crippen LogP contribution >= 0.6 is 15.9 Å². The van der Waals surface area contributed by atoms with Crippen LogP contribution in [0.3, 0.4) is 0 Å². The van der Waals surface area contributed by atoms with Crippen LogP contribution in [-0.2, 0) is 4.74 Å². The number of benzene rings is 1. The second kappa shape index (κ2) is 6.13. The van der Waals surface area contributed by atoms with E-state index in [0.29, 0.717) is 18.0 Å². The van der Waals surface area contributed by atoms with Crippen molar-refractivity contribution in [3.05, 3.63) is 34.1 Å². The van der Waals surface area contributed by atoms with E-state index in [-0.39, 0.29) is 18.0 Å². The molecule has 1 aliphatic rings. The summed E-state index contributed by atoms with van der Waals surface area (Å²) in [5.41, 5.74) is 0.638. The lowest BCUT2D eigenvalue weighted by Crippen LogP contribution is -2.41. The van der Waals surface area contributed by atoms with E-state index in [4.69, 9.17) is 4.74 Å². The second-order valence-electron chi connectivity index (χ2n) is 5.20. The SMILES string of the molecule is CC(C)CC1CNCC(c2ccc(Br)cc2F)O1. The standard InChI is InChI=1S/C14H19BrFNO/c1-9(2)5-11-7-17-8-14(18-11)12-4-3-10(15)6-13(12)16/h3-4,6,9,11,14,17H,5,7-8H2,1-2H3. The van der Waals surface area contributed by atoms with Crippen LogP contribution in [-0.4, -0.2) is 19.2 Å². The first kappa shape index (κ1) is 14.0. The van der Waals surface area contributed by atoms with Gasteiger partial charge in [0.2, 0.25) is 0 Å². The van der Waals surface area contributed by atoms with Crippen LogP contribution in [0.2, 0.25) is 0 Å². The maximum Gasteiger partial charge on any atom is 0.130 e. The van der Waals surface area contributed by atoms with E-state index in [1.54, 1.807) is 6.07 Å². The number of ether oxygens (including phenoxy) is 1. The van der Waals surface area contributed by atoms with Gasteiger partial charge in [-0.1, -0.05) is 35.8 Å². The Balaban J connectivity index is 2.08. The van der Waals surface area contributed by atoms with Gasteiger partial charge in [-0.3, -0.25) is 0 Å². The van der Waals surface area contributed by atoms with Gasteiger partial charge in [0.05, 0.1) is 12.2 Å². The van der Waals surface area contributed by atoms with Crippen molar-refractivity contribution in [2.75, 3.05) is 13.1 Å². The Morgan fingerprint density at radius 3 is 2.89 bits per heavy atom. The third kappa shape index (κ3) is 3.53. The summed E-state index contributed by atoms with van der Waals surface area (Å²) >= 11 is 3.27. The van der Waals surface area contributed by atoms with Crippen LogP contribution in [0.4, 0.5) is 4.39 Å². The molecule has 4 heteroatoms. The average molecular weight is 316 g/mol. The number of hydrogen-bond donors (Lipinski definition) is 1. The predicted molar refractivity (Wildman–Crippen MR) is 74.0 cm³/mol. The molecule has 1 heterocycles. The van der Waals surface area contributed by atoms with E-state index in [1.165, 1.54) is 6.07 Å². The molecule has 2 rings (SSSR count). The molecule has 2 unspecified atom stereocenters. The van der Waals surface area contributed by atoms with Gasteiger partial charge >= 0.3 is 0 Å². The topological polar surface area (TPSA) is 21.3 Å². The molecule has 0 aliphatic carbocycles. The van der Waals surface area contributed by atoms with Crippen LogP contribution in [0, 0.1) is 11.7 Å². The highest BCUT2D eigenvalue weighted by Gasteiger charge is 2.25. The summed E-state index contributed by atoms with van der Waals surface area (Å²) in [7, 11) is 0. The fourth-order valence-electron chi connectivity index (χ4n) is 2.31. The van der Waals surface area contributed by atoms with Gasteiger partial charge in [-0.2, -0.15) is 0 Å². The Hall–Kier alpha value is -0.450. The summed E-state index contributed by atoms with van der Waals surface area (Å²) < 4.78 is 20.6. The van der Waals surface area contributed by atoms with Crippen molar-refractivity contribution in [2.45, 2.75) is 32.5 Å². The van der Waals surface area contributed by atoms with E-state index in [9.17, 15) is 4.39 Å².